The van der Waals surface area contributed by atoms with Crippen LogP contribution in [0.25, 0.3) is 0 Å². The van der Waals surface area contributed by atoms with Gasteiger partial charge in [0.1, 0.15) is 0 Å². The van der Waals surface area contributed by atoms with Crippen LogP contribution in [0.1, 0.15) is 52.0 Å². The second kappa shape index (κ2) is 7.81. The monoisotopic (exact) mass is 291 g/mol. The number of aryl methyl sites for hydroxylation is 1. The van der Waals surface area contributed by atoms with E-state index in [0.29, 0.717) is 12.8 Å². The fourth-order valence-corrected chi connectivity index (χ4v) is 2.06. The maximum Gasteiger partial charge on any atom is 0.303 e. The van der Waals surface area contributed by atoms with E-state index in [1.54, 1.807) is 0 Å². The van der Waals surface area contributed by atoms with Gasteiger partial charge in [0.05, 0.1) is 0 Å². The Labute approximate surface area is 126 Å². The van der Waals surface area contributed by atoms with Crippen molar-refractivity contribution in [2.45, 2.75) is 52.9 Å². The van der Waals surface area contributed by atoms with E-state index in [4.69, 9.17) is 5.11 Å². The Morgan fingerprint density at radius 3 is 2.52 bits per heavy atom. The van der Waals surface area contributed by atoms with Crippen molar-refractivity contribution in [1.29, 1.82) is 0 Å². The van der Waals surface area contributed by atoms with Crippen LogP contribution in [0, 0.1) is 5.41 Å². The smallest absolute Gasteiger partial charge is 0.303 e. The highest BCUT2D eigenvalue weighted by atomic mass is 16.4. The van der Waals surface area contributed by atoms with Crippen molar-refractivity contribution < 1.29 is 14.7 Å². The van der Waals surface area contributed by atoms with Crippen LogP contribution >= 0.6 is 0 Å². The maximum absolute atomic E-state index is 11.9. The lowest BCUT2D eigenvalue weighted by molar-refractivity contribution is -0.137. The SMILES string of the molecule is CC(C)(C)CCCC(=O)Nc1cccc(CCC(=O)O)c1. The Morgan fingerprint density at radius 1 is 1.19 bits per heavy atom. The molecule has 0 fully saturated rings. The molecule has 4 nitrogen and oxygen atoms in total. The van der Waals surface area contributed by atoms with E-state index in [2.05, 4.69) is 26.1 Å². The minimum atomic E-state index is -0.813. The third-order valence-corrected chi connectivity index (χ3v) is 3.17. The highest BCUT2D eigenvalue weighted by Gasteiger charge is 2.11. The summed E-state index contributed by atoms with van der Waals surface area (Å²) < 4.78 is 0. The van der Waals surface area contributed by atoms with Crippen molar-refractivity contribution in [1.82, 2.24) is 0 Å². The molecule has 0 atom stereocenters. The van der Waals surface area contributed by atoms with E-state index in [-0.39, 0.29) is 17.7 Å². The average molecular weight is 291 g/mol. The van der Waals surface area contributed by atoms with Crippen molar-refractivity contribution in [3.8, 4) is 0 Å². The molecule has 4 heteroatoms. The highest BCUT2D eigenvalue weighted by Crippen LogP contribution is 2.21. The number of carbonyl (C=O) groups excluding carboxylic acids is 1. The lowest BCUT2D eigenvalue weighted by Gasteiger charge is -2.17. The summed E-state index contributed by atoms with van der Waals surface area (Å²) in [6.45, 7) is 6.49. The maximum atomic E-state index is 11.9. The number of nitrogens with one attached hydrogen (secondary N) is 1. The number of carboxylic acids is 1. The highest BCUT2D eigenvalue weighted by molar-refractivity contribution is 5.90. The molecule has 0 aliphatic heterocycles. The number of aliphatic carboxylic acids is 1. The zero-order valence-electron chi connectivity index (χ0n) is 13.1. The Balaban J connectivity index is 2.45. The molecule has 1 aromatic carbocycles. The third-order valence-electron chi connectivity index (χ3n) is 3.17. The largest absolute Gasteiger partial charge is 0.481 e. The summed E-state index contributed by atoms with van der Waals surface area (Å²) in [6.07, 6.45) is 2.97. The first-order valence-electron chi connectivity index (χ1n) is 7.37. The van der Waals surface area contributed by atoms with Crippen molar-refractivity contribution in [3.05, 3.63) is 29.8 Å². The fourth-order valence-electron chi connectivity index (χ4n) is 2.06. The molecule has 1 aromatic rings. The van der Waals surface area contributed by atoms with E-state index in [0.717, 1.165) is 24.1 Å². The van der Waals surface area contributed by atoms with Gasteiger partial charge in [-0.3, -0.25) is 9.59 Å². The number of hydrogen-bond acceptors (Lipinski definition) is 2. The number of benzene rings is 1. The normalized spacial score (nSPS) is 11.2. The summed E-state index contributed by atoms with van der Waals surface area (Å²) in [5, 5.41) is 11.6. The van der Waals surface area contributed by atoms with Gasteiger partial charge in [0.2, 0.25) is 5.91 Å². The Hall–Kier alpha value is -1.84. The van der Waals surface area contributed by atoms with Gasteiger partial charge in [-0.25, -0.2) is 0 Å². The number of carboxylic acid groups (broad SMARTS) is 1. The van der Waals surface area contributed by atoms with E-state index < -0.39 is 5.97 Å². The van der Waals surface area contributed by atoms with Crippen molar-refractivity contribution >= 4 is 17.6 Å². The lowest BCUT2D eigenvalue weighted by atomic mass is 9.90. The molecule has 0 aromatic heterocycles. The Kier molecular flexibility index (Phi) is 6.40. The molecule has 21 heavy (non-hydrogen) atoms. The fraction of sp³-hybridized carbons (Fsp3) is 0.529. The van der Waals surface area contributed by atoms with Crippen LogP contribution in [0.5, 0.6) is 0 Å². The van der Waals surface area contributed by atoms with Gasteiger partial charge >= 0.3 is 5.97 Å². The van der Waals surface area contributed by atoms with Gasteiger partial charge in [0, 0.05) is 18.5 Å². The van der Waals surface area contributed by atoms with Crippen molar-refractivity contribution in [2.24, 2.45) is 5.41 Å². The molecule has 0 aliphatic carbocycles. The molecule has 0 spiro atoms. The van der Waals surface area contributed by atoms with Gasteiger partial charge in [-0.15, -0.1) is 0 Å². The molecule has 0 saturated heterocycles. The van der Waals surface area contributed by atoms with Gasteiger partial charge in [0.15, 0.2) is 0 Å². The van der Waals surface area contributed by atoms with Crippen LogP contribution < -0.4 is 5.32 Å². The van der Waals surface area contributed by atoms with Gasteiger partial charge in [0.25, 0.3) is 0 Å². The second-order valence-electron chi connectivity index (χ2n) is 6.56. The standard InChI is InChI=1S/C17H25NO3/c1-17(2,3)11-5-8-15(19)18-14-7-4-6-13(12-14)9-10-16(20)21/h4,6-7,12H,5,8-11H2,1-3H3,(H,18,19)(H,20,21). The van der Waals surface area contributed by atoms with Crippen molar-refractivity contribution in [2.75, 3.05) is 5.32 Å². The van der Waals surface area contributed by atoms with Crippen LogP contribution in [0.15, 0.2) is 24.3 Å². The first-order chi connectivity index (χ1) is 9.76. The predicted octanol–water partition coefficient (Wildman–Crippen LogP) is 3.86. The van der Waals surface area contributed by atoms with Crippen LogP contribution in [0.4, 0.5) is 5.69 Å². The topological polar surface area (TPSA) is 66.4 Å². The Morgan fingerprint density at radius 2 is 1.90 bits per heavy atom. The minimum Gasteiger partial charge on any atom is -0.481 e. The summed E-state index contributed by atoms with van der Waals surface area (Å²) in [7, 11) is 0. The molecular formula is C17H25NO3. The quantitative estimate of drug-likeness (QED) is 0.801. The molecule has 0 heterocycles. The third kappa shape index (κ3) is 8.12. The molecule has 0 radical (unpaired) electrons. The van der Waals surface area contributed by atoms with Gasteiger partial charge in [-0.2, -0.15) is 0 Å². The molecule has 0 unspecified atom stereocenters. The average Bonchev–Trinajstić information content (AvgIpc) is 2.35. The summed E-state index contributed by atoms with van der Waals surface area (Å²) in [5.41, 5.74) is 1.90. The molecule has 0 bridgehead atoms. The molecule has 0 saturated carbocycles. The van der Waals surface area contributed by atoms with Crippen LogP contribution in [0.2, 0.25) is 0 Å². The number of amides is 1. The van der Waals surface area contributed by atoms with Crippen LogP contribution in [0.3, 0.4) is 0 Å². The van der Waals surface area contributed by atoms with Gasteiger partial charge < -0.3 is 10.4 Å². The van der Waals surface area contributed by atoms with E-state index >= 15 is 0 Å². The molecule has 2 N–H and O–H groups in total. The van der Waals surface area contributed by atoms with E-state index in [9.17, 15) is 9.59 Å². The molecule has 1 rings (SSSR count). The number of rotatable bonds is 7. The molecule has 0 aliphatic rings. The summed E-state index contributed by atoms with van der Waals surface area (Å²) in [6, 6.07) is 7.37. The van der Waals surface area contributed by atoms with E-state index in [1.807, 2.05) is 24.3 Å². The first kappa shape index (κ1) is 17.2. The summed E-state index contributed by atoms with van der Waals surface area (Å²) >= 11 is 0. The van der Waals surface area contributed by atoms with Gasteiger partial charge in [-0.05, 0) is 42.4 Å². The number of carbonyl (C=O) groups is 2. The van der Waals surface area contributed by atoms with Crippen LogP contribution in [-0.2, 0) is 16.0 Å². The summed E-state index contributed by atoms with van der Waals surface area (Å²) in [4.78, 5) is 22.4. The lowest BCUT2D eigenvalue weighted by Crippen LogP contribution is -2.13. The summed E-state index contributed by atoms with van der Waals surface area (Å²) in [5.74, 6) is -0.804. The van der Waals surface area contributed by atoms with Gasteiger partial charge in [-0.1, -0.05) is 32.9 Å². The predicted molar refractivity (Wildman–Crippen MR) is 84.3 cm³/mol. The molecular weight excluding hydrogens is 266 g/mol. The number of anilines is 1. The zero-order chi connectivity index (χ0) is 15.9. The second-order valence-corrected chi connectivity index (χ2v) is 6.56. The number of hydrogen-bond donors (Lipinski definition) is 2. The Bertz CT molecular complexity index is 489. The van der Waals surface area contributed by atoms with E-state index in [1.165, 1.54) is 0 Å². The van der Waals surface area contributed by atoms with Crippen molar-refractivity contribution in [3.63, 3.8) is 0 Å². The first-order valence-corrected chi connectivity index (χ1v) is 7.37. The van der Waals surface area contributed by atoms with Crippen LogP contribution in [-0.4, -0.2) is 17.0 Å². The molecule has 116 valence electrons. The zero-order valence-corrected chi connectivity index (χ0v) is 13.1. The minimum absolute atomic E-state index is 0.00892. The molecule has 1 amide bonds.